The van der Waals surface area contributed by atoms with Gasteiger partial charge in [0.2, 0.25) is 5.88 Å². The third kappa shape index (κ3) is 1.33. The molecule has 1 aliphatic heterocycles. The van der Waals surface area contributed by atoms with Gasteiger partial charge in [-0.3, -0.25) is 4.68 Å². The summed E-state index contributed by atoms with van der Waals surface area (Å²) in [6.45, 7) is 1.76. The van der Waals surface area contributed by atoms with Crippen LogP contribution in [0.2, 0.25) is 0 Å². The van der Waals surface area contributed by atoms with Gasteiger partial charge in [-0.2, -0.15) is 5.10 Å². The minimum atomic E-state index is 0.225. The van der Waals surface area contributed by atoms with Gasteiger partial charge in [0, 0.05) is 20.1 Å². The van der Waals surface area contributed by atoms with Crippen LogP contribution >= 0.6 is 0 Å². The highest BCUT2D eigenvalue weighted by molar-refractivity contribution is 5.79. The second-order valence-corrected chi connectivity index (χ2v) is 3.58. The van der Waals surface area contributed by atoms with Crippen LogP contribution in [-0.4, -0.2) is 38.9 Å². The summed E-state index contributed by atoms with van der Waals surface area (Å²) in [5.41, 5.74) is 0.798. The van der Waals surface area contributed by atoms with Gasteiger partial charge in [0.15, 0.2) is 5.65 Å². The molecule has 1 aliphatic rings. The van der Waals surface area contributed by atoms with E-state index in [1.807, 2.05) is 7.05 Å². The zero-order valence-corrected chi connectivity index (χ0v) is 8.34. The number of nitrogens with one attached hydrogen (secondary N) is 1. The molecule has 0 spiro atoms. The van der Waals surface area contributed by atoms with Crippen molar-refractivity contribution in [2.45, 2.75) is 6.10 Å². The molecule has 1 N–H and O–H groups in total. The topological polar surface area (TPSA) is 64.9 Å². The Morgan fingerprint density at radius 3 is 3.07 bits per heavy atom. The fourth-order valence-electron chi connectivity index (χ4n) is 1.54. The molecule has 0 unspecified atom stereocenters. The summed E-state index contributed by atoms with van der Waals surface area (Å²) in [7, 11) is 1.85. The van der Waals surface area contributed by atoms with Crippen LogP contribution in [0.3, 0.4) is 0 Å². The quantitative estimate of drug-likeness (QED) is 0.730. The van der Waals surface area contributed by atoms with Gasteiger partial charge in [-0.15, -0.1) is 0 Å². The summed E-state index contributed by atoms with van der Waals surface area (Å²) in [5, 5.41) is 8.14. The molecule has 0 bridgehead atoms. The van der Waals surface area contributed by atoms with E-state index in [2.05, 4.69) is 20.4 Å². The van der Waals surface area contributed by atoms with E-state index in [9.17, 15) is 0 Å². The van der Waals surface area contributed by atoms with E-state index in [1.165, 1.54) is 6.33 Å². The van der Waals surface area contributed by atoms with Gasteiger partial charge in [0.25, 0.3) is 0 Å². The zero-order chi connectivity index (χ0) is 10.3. The number of hydrogen-bond acceptors (Lipinski definition) is 5. The number of fused-ring (bicyclic) bond motifs is 1. The lowest BCUT2D eigenvalue weighted by molar-refractivity contribution is 0.138. The lowest BCUT2D eigenvalue weighted by Crippen LogP contribution is -2.50. The predicted molar refractivity (Wildman–Crippen MR) is 53.6 cm³/mol. The highest BCUT2D eigenvalue weighted by Gasteiger charge is 2.20. The minimum Gasteiger partial charge on any atom is -0.471 e. The average molecular weight is 205 g/mol. The van der Waals surface area contributed by atoms with Crippen LogP contribution in [0.15, 0.2) is 12.5 Å². The molecule has 1 fully saturated rings. The minimum absolute atomic E-state index is 0.225. The van der Waals surface area contributed by atoms with Crippen molar-refractivity contribution in [1.82, 2.24) is 25.1 Å². The Kier molecular flexibility index (Phi) is 1.81. The van der Waals surface area contributed by atoms with E-state index in [4.69, 9.17) is 4.74 Å². The van der Waals surface area contributed by atoms with Gasteiger partial charge < -0.3 is 10.1 Å². The van der Waals surface area contributed by atoms with E-state index in [0.29, 0.717) is 5.88 Å². The first-order valence-corrected chi connectivity index (χ1v) is 4.84. The zero-order valence-electron chi connectivity index (χ0n) is 8.34. The summed E-state index contributed by atoms with van der Waals surface area (Å²) >= 11 is 0. The highest BCUT2D eigenvalue weighted by atomic mass is 16.5. The van der Waals surface area contributed by atoms with Crippen LogP contribution in [-0.2, 0) is 7.05 Å². The summed E-state index contributed by atoms with van der Waals surface area (Å²) in [6, 6.07) is 0. The summed E-state index contributed by atoms with van der Waals surface area (Å²) in [5.74, 6) is 0.625. The maximum Gasteiger partial charge on any atom is 0.228 e. The number of rotatable bonds is 2. The largest absolute Gasteiger partial charge is 0.471 e. The number of ether oxygens (including phenoxy) is 1. The Bertz CT molecular complexity index is 490. The Morgan fingerprint density at radius 1 is 1.47 bits per heavy atom. The Labute approximate surface area is 86.3 Å². The first kappa shape index (κ1) is 8.60. The van der Waals surface area contributed by atoms with Crippen molar-refractivity contribution in [3.8, 4) is 5.88 Å². The van der Waals surface area contributed by atoms with Crippen molar-refractivity contribution < 1.29 is 4.74 Å². The van der Waals surface area contributed by atoms with Gasteiger partial charge in [-0.25, -0.2) is 9.97 Å². The molecular weight excluding hydrogens is 194 g/mol. The molecule has 3 heterocycles. The van der Waals surface area contributed by atoms with Gasteiger partial charge >= 0.3 is 0 Å². The Hall–Kier alpha value is -1.69. The molecule has 0 saturated carbocycles. The SMILES string of the molecule is Cn1ncc2c(OC3CNC3)ncnc21. The molecule has 0 aromatic carbocycles. The normalized spacial score (nSPS) is 16.6. The maximum absolute atomic E-state index is 5.71. The molecule has 1 saturated heterocycles. The molecule has 2 aromatic rings. The smallest absolute Gasteiger partial charge is 0.228 e. The van der Waals surface area contributed by atoms with Gasteiger partial charge in [0.1, 0.15) is 17.8 Å². The van der Waals surface area contributed by atoms with Gasteiger partial charge in [-0.05, 0) is 0 Å². The van der Waals surface area contributed by atoms with Gasteiger partial charge in [0.05, 0.1) is 6.20 Å². The first-order chi connectivity index (χ1) is 7.34. The fourth-order valence-corrected chi connectivity index (χ4v) is 1.54. The summed E-state index contributed by atoms with van der Waals surface area (Å²) < 4.78 is 7.42. The van der Waals surface area contributed by atoms with Crippen molar-refractivity contribution in [2.24, 2.45) is 7.05 Å². The molecule has 6 heteroatoms. The molecule has 78 valence electrons. The monoisotopic (exact) mass is 205 g/mol. The number of aryl methyl sites for hydroxylation is 1. The van der Waals surface area contributed by atoms with Crippen molar-refractivity contribution in [3.63, 3.8) is 0 Å². The van der Waals surface area contributed by atoms with E-state index in [1.54, 1.807) is 10.9 Å². The van der Waals surface area contributed by atoms with E-state index in [0.717, 1.165) is 24.1 Å². The van der Waals surface area contributed by atoms with Crippen LogP contribution < -0.4 is 10.1 Å². The third-order valence-corrected chi connectivity index (χ3v) is 2.52. The van der Waals surface area contributed by atoms with Crippen LogP contribution in [0.5, 0.6) is 5.88 Å². The van der Waals surface area contributed by atoms with Crippen LogP contribution in [0, 0.1) is 0 Å². The molecule has 2 aromatic heterocycles. The van der Waals surface area contributed by atoms with Crippen molar-refractivity contribution in [3.05, 3.63) is 12.5 Å². The standard InChI is InChI=1S/C9H11N5O/c1-14-8-7(4-13-14)9(12-5-11-8)15-6-2-10-3-6/h4-6,10H,2-3H2,1H3. The number of aromatic nitrogens is 4. The summed E-state index contributed by atoms with van der Waals surface area (Å²) in [4.78, 5) is 8.27. The van der Waals surface area contributed by atoms with Crippen molar-refractivity contribution in [1.29, 1.82) is 0 Å². The maximum atomic E-state index is 5.71. The average Bonchev–Trinajstić information content (AvgIpc) is 2.55. The second kappa shape index (κ2) is 3.16. The predicted octanol–water partition coefficient (Wildman–Crippen LogP) is -0.286. The van der Waals surface area contributed by atoms with Crippen molar-refractivity contribution >= 4 is 11.0 Å². The molecule has 0 aliphatic carbocycles. The van der Waals surface area contributed by atoms with E-state index >= 15 is 0 Å². The van der Waals surface area contributed by atoms with E-state index in [-0.39, 0.29) is 6.10 Å². The van der Waals surface area contributed by atoms with Crippen LogP contribution in [0.25, 0.3) is 11.0 Å². The third-order valence-electron chi connectivity index (χ3n) is 2.52. The molecule has 3 rings (SSSR count). The molecule has 15 heavy (non-hydrogen) atoms. The Balaban J connectivity index is 2.01. The van der Waals surface area contributed by atoms with E-state index < -0.39 is 0 Å². The lowest BCUT2D eigenvalue weighted by atomic mass is 10.2. The molecule has 0 atom stereocenters. The first-order valence-electron chi connectivity index (χ1n) is 4.84. The van der Waals surface area contributed by atoms with Crippen LogP contribution in [0.1, 0.15) is 0 Å². The molecular formula is C9H11N5O. The molecule has 0 amide bonds. The highest BCUT2D eigenvalue weighted by Crippen LogP contribution is 2.21. The van der Waals surface area contributed by atoms with Crippen LogP contribution in [0.4, 0.5) is 0 Å². The second-order valence-electron chi connectivity index (χ2n) is 3.58. The summed E-state index contributed by atoms with van der Waals surface area (Å²) in [6.07, 6.45) is 3.46. The molecule has 0 radical (unpaired) electrons. The number of nitrogens with zero attached hydrogens (tertiary/aromatic N) is 4. The lowest BCUT2D eigenvalue weighted by Gasteiger charge is -2.27. The number of hydrogen-bond donors (Lipinski definition) is 1. The van der Waals surface area contributed by atoms with Gasteiger partial charge in [-0.1, -0.05) is 0 Å². The Morgan fingerprint density at radius 2 is 2.33 bits per heavy atom. The fraction of sp³-hybridized carbons (Fsp3) is 0.444. The van der Waals surface area contributed by atoms with Crippen molar-refractivity contribution in [2.75, 3.05) is 13.1 Å². The molecule has 6 nitrogen and oxygen atoms in total.